The molecule has 0 spiro atoms. The van der Waals surface area contributed by atoms with Gasteiger partial charge in [-0.2, -0.15) is 0 Å². The molecule has 0 saturated carbocycles. The molecule has 2 aromatic rings. The number of nitrogens with zero attached hydrogens (tertiary/aromatic N) is 1. The normalized spacial score (nSPS) is 13.6. The molecule has 0 aromatic carbocycles. The summed E-state index contributed by atoms with van der Waals surface area (Å²) < 4.78 is 40.6. The maximum Gasteiger partial charge on any atom is 0.261 e. The van der Waals surface area contributed by atoms with Crippen LogP contribution in [-0.4, -0.2) is 13.4 Å². The zero-order chi connectivity index (χ0) is 14.8. The van der Waals surface area contributed by atoms with E-state index in [0.29, 0.717) is 0 Å². The second-order valence-corrected chi connectivity index (χ2v) is 7.26. The van der Waals surface area contributed by atoms with Crippen LogP contribution in [0.15, 0.2) is 40.9 Å². The highest BCUT2D eigenvalue weighted by Crippen LogP contribution is 2.27. The van der Waals surface area contributed by atoms with Gasteiger partial charge in [0.1, 0.15) is 0 Å². The van der Waals surface area contributed by atoms with Crippen LogP contribution in [-0.2, 0) is 10.0 Å². The van der Waals surface area contributed by atoms with Gasteiger partial charge in [-0.05, 0) is 29.5 Å². The molecule has 0 bridgehead atoms. The topological polar surface area (TPSA) is 59.1 Å². The molecule has 108 valence electrons. The first-order valence-corrected chi connectivity index (χ1v) is 8.44. The van der Waals surface area contributed by atoms with Gasteiger partial charge in [-0.15, -0.1) is 11.3 Å². The Morgan fingerprint density at radius 3 is 2.60 bits per heavy atom. The van der Waals surface area contributed by atoms with Crippen LogP contribution in [0.5, 0.6) is 0 Å². The van der Waals surface area contributed by atoms with Gasteiger partial charge in [-0.3, -0.25) is 0 Å². The molecule has 0 saturated heterocycles. The second-order valence-electron chi connectivity index (χ2n) is 4.65. The van der Waals surface area contributed by atoms with Crippen LogP contribution >= 0.6 is 11.3 Å². The molecule has 0 radical (unpaired) electrons. The number of nitrogens with one attached hydrogen (secondary N) is 1. The summed E-state index contributed by atoms with van der Waals surface area (Å²) in [6.07, 6.45) is 1.26. The summed E-state index contributed by atoms with van der Waals surface area (Å²) in [4.78, 5) is 4.51. The van der Waals surface area contributed by atoms with Crippen molar-refractivity contribution in [3.63, 3.8) is 0 Å². The van der Waals surface area contributed by atoms with Gasteiger partial charge in [-0.1, -0.05) is 19.9 Å². The van der Waals surface area contributed by atoms with E-state index in [1.807, 2.05) is 31.4 Å². The number of hydrogen-bond acceptors (Lipinski definition) is 4. The molecule has 2 heterocycles. The lowest BCUT2D eigenvalue weighted by Gasteiger charge is -2.20. The highest BCUT2D eigenvalue weighted by atomic mass is 32.2. The summed E-state index contributed by atoms with van der Waals surface area (Å²) in [7, 11) is -3.99. The fraction of sp³-hybridized carbons (Fsp3) is 0.308. The monoisotopic (exact) mass is 314 g/mol. The van der Waals surface area contributed by atoms with Crippen LogP contribution in [0.25, 0.3) is 0 Å². The van der Waals surface area contributed by atoms with E-state index in [1.165, 1.54) is 23.6 Å². The molecule has 0 aliphatic heterocycles. The van der Waals surface area contributed by atoms with E-state index in [9.17, 15) is 12.8 Å². The van der Waals surface area contributed by atoms with E-state index in [0.717, 1.165) is 10.9 Å². The third-order valence-electron chi connectivity index (χ3n) is 2.78. The van der Waals surface area contributed by atoms with Gasteiger partial charge in [0, 0.05) is 11.1 Å². The number of hydrogen-bond donors (Lipinski definition) is 1. The van der Waals surface area contributed by atoms with Gasteiger partial charge < -0.3 is 0 Å². The molecule has 0 aliphatic rings. The van der Waals surface area contributed by atoms with Gasteiger partial charge in [0.25, 0.3) is 10.0 Å². The molecule has 4 nitrogen and oxygen atoms in total. The van der Waals surface area contributed by atoms with Crippen LogP contribution < -0.4 is 4.72 Å². The number of sulfonamides is 1. The lowest BCUT2D eigenvalue weighted by molar-refractivity contribution is 0.463. The van der Waals surface area contributed by atoms with Crippen molar-refractivity contribution in [2.24, 2.45) is 5.92 Å². The van der Waals surface area contributed by atoms with Crippen molar-refractivity contribution in [3.8, 4) is 0 Å². The van der Waals surface area contributed by atoms with Crippen molar-refractivity contribution in [1.82, 2.24) is 9.71 Å². The molecule has 0 aliphatic carbocycles. The lowest BCUT2D eigenvalue weighted by Crippen LogP contribution is -2.32. The number of aromatic nitrogens is 1. The highest BCUT2D eigenvalue weighted by Gasteiger charge is 2.27. The molecule has 2 aromatic heterocycles. The fourth-order valence-corrected chi connectivity index (χ4v) is 4.18. The Morgan fingerprint density at radius 2 is 2.05 bits per heavy atom. The third-order valence-corrected chi connectivity index (χ3v) is 5.11. The number of thiophene rings is 1. The molecule has 1 atom stereocenters. The van der Waals surface area contributed by atoms with E-state index in [4.69, 9.17) is 0 Å². The quantitative estimate of drug-likeness (QED) is 0.923. The Morgan fingerprint density at radius 1 is 1.30 bits per heavy atom. The number of halogens is 1. The van der Waals surface area contributed by atoms with Gasteiger partial charge in [0.05, 0.1) is 6.04 Å². The van der Waals surface area contributed by atoms with Gasteiger partial charge in [0.2, 0.25) is 5.03 Å². The minimum atomic E-state index is -3.99. The Balaban J connectivity index is 2.34. The number of pyridine rings is 1. The average Bonchev–Trinajstić information content (AvgIpc) is 2.89. The van der Waals surface area contributed by atoms with E-state index in [-0.39, 0.29) is 5.92 Å². The van der Waals surface area contributed by atoms with Crippen molar-refractivity contribution >= 4 is 21.4 Å². The predicted octanol–water partition coefficient (Wildman–Crippen LogP) is 2.96. The van der Waals surface area contributed by atoms with Crippen molar-refractivity contribution in [1.29, 1.82) is 0 Å². The van der Waals surface area contributed by atoms with Gasteiger partial charge in [-0.25, -0.2) is 22.5 Å². The SMILES string of the molecule is CC(C)C(NS(=O)(=O)c1ncccc1F)c1cccs1. The standard InChI is InChI=1S/C13H15FN2O2S2/c1-9(2)12(11-6-4-8-19-11)16-20(17,18)13-10(14)5-3-7-15-13/h3-9,12,16H,1-2H3. The largest absolute Gasteiger partial charge is 0.261 e. The summed E-state index contributed by atoms with van der Waals surface area (Å²) in [5, 5.41) is 1.31. The van der Waals surface area contributed by atoms with Crippen LogP contribution in [0.1, 0.15) is 24.8 Å². The van der Waals surface area contributed by atoms with E-state index in [1.54, 1.807) is 0 Å². The van der Waals surface area contributed by atoms with Gasteiger partial charge >= 0.3 is 0 Å². The molecule has 1 unspecified atom stereocenters. The minimum absolute atomic E-state index is 0.0372. The molecular formula is C13H15FN2O2S2. The maximum atomic E-state index is 13.6. The van der Waals surface area contributed by atoms with Crippen LogP contribution in [0.4, 0.5) is 4.39 Å². The van der Waals surface area contributed by atoms with Crippen molar-refractivity contribution in [2.45, 2.75) is 24.9 Å². The zero-order valence-corrected chi connectivity index (χ0v) is 12.7. The lowest BCUT2D eigenvalue weighted by atomic mass is 10.0. The molecule has 1 N–H and O–H groups in total. The van der Waals surface area contributed by atoms with Crippen molar-refractivity contribution in [3.05, 3.63) is 46.5 Å². The Bertz CT molecular complexity index is 669. The summed E-state index contributed by atoms with van der Waals surface area (Å²) in [6.45, 7) is 3.81. The number of rotatable bonds is 5. The summed E-state index contributed by atoms with van der Waals surface area (Å²) >= 11 is 1.46. The van der Waals surface area contributed by atoms with E-state index < -0.39 is 26.9 Å². The fourth-order valence-electron chi connectivity index (χ4n) is 1.78. The Hall–Kier alpha value is -1.31. The van der Waals surface area contributed by atoms with Crippen molar-refractivity contribution < 1.29 is 12.8 Å². The van der Waals surface area contributed by atoms with Crippen LogP contribution in [0.2, 0.25) is 0 Å². The average molecular weight is 314 g/mol. The third kappa shape index (κ3) is 3.23. The maximum absolute atomic E-state index is 13.6. The van der Waals surface area contributed by atoms with Gasteiger partial charge in [0.15, 0.2) is 5.82 Å². The molecule has 0 amide bonds. The van der Waals surface area contributed by atoms with E-state index >= 15 is 0 Å². The Labute approximate surface area is 121 Å². The summed E-state index contributed by atoms with van der Waals surface area (Å²) in [5.74, 6) is -0.816. The molecule has 2 rings (SSSR count). The second kappa shape index (κ2) is 5.99. The first-order valence-electron chi connectivity index (χ1n) is 6.08. The van der Waals surface area contributed by atoms with E-state index in [2.05, 4.69) is 9.71 Å². The van der Waals surface area contributed by atoms with Crippen molar-refractivity contribution in [2.75, 3.05) is 0 Å². The molecule has 0 fully saturated rings. The minimum Gasteiger partial charge on any atom is -0.241 e. The first-order chi connectivity index (χ1) is 9.42. The highest BCUT2D eigenvalue weighted by molar-refractivity contribution is 7.89. The summed E-state index contributed by atoms with van der Waals surface area (Å²) in [6, 6.07) is 5.74. The smallest absolute Gasteiger partial charge is 0.241 e. The van der Waals surface area contributed by atoms with Crippen LogP contribution in [0.3, 0.4) is 0 Å². The molecule has 20 heavy (non-hydrogen) atoms. The first kappa shape index (κ1) is 15.1. The predicted molar refractivity (Wildman–Crippen MR) is 76.4 cm³/mol. The zero-order valence-electron chi connectivity index (χ0n) is 11.1. The Kier molecular flexibility index (Phi) is 4.52. The molecular weight excluding hydrogens is 299 g/mol. The van der Waals surface area contributed by atoms with Crippen LogP contribution in [0, 0.1) is 11.7 Å². The summed E-state index contributed by atoms with van der Waals surface area (Å²) in [5.41, 5.74) is 0. The molecule has 7 heteroatoms.